The van der Waals surface area contributed by atoms with Crippen LogP contribution in [0, 0.1) is 0 Å². The molecule has 0 saturated carbocycles. The Morgan fingerprint density at radius 3 is 2.81 bits per heavy atom. The maximum atomic E-state index is 12.4. The number of phenols is 1. The molecule has 4 rings (SSSR count). The first-order chi connectivity index (χ1) is 14.8. The maximum Gasteiger partial charge on any atom is 0.573 e. The van der Waals surface area contributed by atoms with Crippen molar-refractivity contribution in [3.05, 3.63) is 36.5 Å². The largest absolute Gasteiger partial charge is 0.573 e. The summed E-state index contributed by atoms with van der Waals surface area (Å²) in [5.74, 6) is -0.390. The molecule has 1 aliphatic rings. The number of rotatable bonds is 6. The number of hydrogen-bond donors (Lipinski definition) is 3. The van der Waals surface area contributed by atoms with Gasteiger partial charge < -0.3 is 20.3 Å². The number of hydrogen-bond acceptors (Lipinski definition) is 7. The summed E-state index contributed by atoms with van der Waals surface area (Å²) in [6, 6.07) is 7.05. The van der Waals surface area contributed by atoms with Gasteiger partial charge in [0.15, 0.2) is 0 Å². The Hall–Kier alpha value is -3.05. The van der Waals surface area contributed by atoms with E-state index >= 15 is 0 Å². The monoisotopic (exact) mass is 437 g/mol. The normalized spacial score (nSPS) is 17.7. The molecule has 2 aromatic heterocycles. The number of anilines is 1. The minimum absolute atomic E-state index is 0.110. The molecule has 166 valence electrons. The van der Waals surface area contributed by atoms with Gasteiger partial charge in [-0.2, -0.15) is 0 Å². The zero-order valence-corrected chi connectivity index (χ0v) is 16.5. The molecule has 1 aromatic carbocycles. The number of benzene rings is 1. The number of ether oxygens (including phenoxy) is 1. The number of aliphatic hydroxyl groups excluding tert-OH is 1. The topological polar surface area (TPSA) is 95.2 Å². The van der Waals surface area contributed by atoms with Crippen LogP contribution in [0.2, 0.25) is 0 Å². The third-order valence-corrected chi connectivity index (χ3v) is 5.18. The summed E-state index contributed by atoms with van der Waals surface area (Å²) in [6.07, 6.45) is -1.10. The molecule has 3 aromatic rings. The lowest BCUT2D eigenvalue weighted by Gasteiger charge is -2.32. The highest BCUT2D eigenvalue weighted by molar-refractivity contribution is 5.81. The zero-order chi connectivity index (χ0) is 22.0. The van der Waals surface area contributed by atoms with Crippen LogP contribution in [0.1, 0.15) is 12.8 Å². The summed E-state index contributed by atoms with van der Waals surface area (Å²) < 4.78 is 42.9. The molecule has 11 heteroatoms. The summed E-state index contributed by atoms with van der Waals surface area (Å²) in [7, 11) is 0. The first-order valence-electron chi connectivity index (χ1n) is 9.86. The van der Waals surface area contributed by atoms with Crippen molar-refractivity contribution in [2.45, 2.75) is 25.2 Å². The van der Waals surface area contributed by atoms with E-state index in [9.17, 15) is 18.3 Å². The SMILES string of the molecule is OCCN1CCC[C@@H](Nc2nnc(-c3ccc(OC(F)(F)F)cc3O)c3cccn23)C1. The highest BCUT2D eigenvalue weighted by atomic mass is 19.4. The molecule has 1 atom stereocenters. The van der Waals surface area contributed by atoms with E-state index in [-0.39, 0.29) is 18.2 Å². The highest BCUT2D eigenvalue weighted by Gasteiger charge is 2.31. The number of piperidine rings is 1. The third-order valence-electron chi connectivity index (χ3n) is 5.18. The first-order valence-corrected chi connectivity index (χ1v) is 9.86. The van der Waals surface area contributed by atoms with Gasteiger partial charge in [-0.25, -0.2) is 0 Å². The predicted molar refractivity (Wildman–Crippen MR) is 107 cm³/mol. The quantitative estimate of drug-likeness (QED) is 0.546. The van der Waals surface area contributed by atoms with Gasteiger partial charge in [-0.1, -0.05) is 0 Å². The number of likely N-dealkylation sites (tertiary alicyclic amines) is 1. The molecule has 3 heterocycles. The molecule has 31 heavy (non-hydrogen) atoms. The molecule has 3 N–H and O–H groups in total. The van der Waals surface area contributed by atoms with Crippen molar-refractivity contribution < 1.29 is 28.1 Å². The van der Waals surface area contributed by atoms with E-state index in [1.165, 1.54) is 6.07 Å². The molecule has 0 bridgehead atoms. The molecule has 0 aliphatic carbocycles. The number of aromatic nitrogens is 3. The van der Waals surface area contributed by atoms with Gasteiger partial charge in [0.05, 0.1) is 12.1 Å². The smallest absolute Gasteiger partial charge is 0.507 e. The van der Waals surface area contributed by atoms with Gasteiger partial charge in [-0.15, -0.1) is 23.4 Å². The molecule has 8 nitrogen and oxygen atoms in total. The minimum Gasteiger partial charge on any atom is -0.507 e. The number of aliphatic hydroxyl groups is 1. The van der Waals surface area contributed by atoms with Crippen LogP contribution in [-0.2, 0) is 0 Å². The lowest BCUT2D eigenvalue weighted by molar-refractivity contribution is -0.274. The van der Waals surface area contributed by atoms with Crippen LogP contribution in [0.3, 0.4) is 0 Å². The number of halogens is 3. The van der Waals surface area contributed by atoms with E-state index in [1.807, 2.05) is 0 Å². The summed E-state index contributed by atoms with van der Waals surface area (Å²) in [5.41, 5.74) is 1.21. The van der Waals surface area contributed by atoms with Crippen molar-refractivity contribution in [3.8, 4) is 22.8 Å². The standard InChI is InChI=1S/C20H22F3N5O3/c21-20(22,23)31-14-5-6-15(17(30)11-14)18-16-4-2-8-28(16)19(26-25-18)24-13-3-1-7-27(12-13)9-10-29/h2,4-6,8,11,13,29-30H,1,3,7,9-10,12H2,(H,24,26)/t13-/m1/s1. The summed E-state index contributed by atoms with van der Waals surface area (Å²) in [4.78, 5) is 2.18. The van der Waals surface area contributed by atoms with Crippen LogP contribution in [0.15, 0.2) is 36.5 Å². The van der Waals surface area contributed by atoms with Gasteiger partial charge in [0, 0.05) is 37.0 Å². The highest BCUT2D eigenvalue weighted by Crippen LogP contribution is 2.35. The summed E-state index contributed by atoms with van der Waals surface area (Å²) in [6.45, 7) is 2.44. The van der Waals surface area contributed by atoms with Gasteiger partial charge in [-0.3, -0.25) is 9.30 Å². The zero-order valence-electron chi connectivity index (χ0n) is 16.5. The fourth-order valence-electron chi connectivity index (χ4n) is 3.85. The average Bonchev–Trinajstić information content (AvgIpc) is 3.19. The van der Waals surface area contributed by atoms with Crippen LogP contribution in [-0.4, -0.2) is 68.4 Å². The van der Waals surface area contributed by atoms with Gasteiger partial charge >= 0.3 is 6.36 Å². The Morgan fingerprint density at radius 1 is 1.23 bits per heavy atom. The second-order valence-electron chi connectivity index (χ2n) is 7.37. The predicted octanol–water partition coefficient (Wildman–Crippen LogP) is 2.87. The first kappa shape index (κ1) is 21.2. The second kappa shape index (κ2) is 8.60. The lowest BCUT2D eigenvalue weighted by Crippen LogP contribution is -2.43. The van der Waals surface area contributed by atoms with Crippen LogP contribution in [0.4, 0.5) is 19.1 Å². The van der Waals surface area contributed by atoms with Crippen molar-refractivity contribution in [2.24, 2.45) is 0 Å². The Labute approximate surface area is 175 Å². The van der Waals surface area contributed by atoms with E-state index in [0.717, 1.165) is 38.1 Å². The molecule has 1 saturated heterocycles. The number of aromatic hydroxyl groups is 1. The van der Waals surface area contributed by atoms with Crippen molar-refractivity contribution in [3.63, 3.8) is 0 Å². The number of nitrogens with zero attached hydrogens (tertiary/aromatic N) is 4. The Morgan fingerprint density at radius 2 is 2.06 bits per heavy atom. The minimum atomic E-state index is -4.85. The van der Waals surface area contributed by atoms with Gasteiger partial charge in [-0.05, 0) is 43.7 Å². The third kappa shape index (κ3) is 4.83. The fraction of sp³-hybridized carbons (Fsp3) is 0.400. The molecular formula is C20H22F3N5O3. The molecule has 0 spiro atoms. The average molecular weight is 437 g/mol. The van der Waals surface area contributed by atoms with E-state index in [0.29, 0.717) is 23.7 Å². The van der Waals surface area contributed by atoms with E-state index in [2.05, 4.69) is 25.2 Å². The second-order valence-corrected chi connectivity index (χ2v) is 7.37. The maximum absolute atomic E-state index is 12.4. The van der Waals surface area contributed by atoms with Crippen molar-refractivity contribution in [1.82, 2.24) is 19.5 Å². The fourth-order valence-corrected chi connectivity index (χ4v) is 3.85. The number of fused-ring (bicyclic) bond motifs is 1. The van der Waals surface area contributed by atoms with Crippen molar-refractivity contribution in [2.75, 3.05) is 31.6 Å². The molecule has 1 fully saturated rings. The number of alkyl halides is 3. The van der Waals surface area contributed by atoms with Crippen LogP contribution in [0.5, 0.6) is 11.5 Å². The van der Waals surface area contributed by atoms with Crippen molar-refractivity contribution >= 4 is 11.5 Å². The van der Waals surface area contributed by atoms with Gasteiger partial charge in [0.2, 0.25) is 5.95 Å². The number of β-amino-alcohol motifs (C(OH)–C–C–N with tert-alkyl or cyclic N) is 1. The summed E-state index contributed by atoms with van der Waals surface area (Å²) in [5, 5.41) is 31.3. The van der Waals surface area contributed by atoms with Crippen LogP contribution in [0.25, 0.3) is 16.8 Å². The molecule has 1 aliphatic heterocycles. The molecule has 0 unspecified atom stereocenters. The van der Waals surface area contributed by atoms with Crippen molar-refractivity contribution in [1.29, 1.82) is 0 Å². The Bertz CT molecular complexity index is 1050. The molecule has 0 amide bonds. The lowest BCUT2D eigenvalue weighted by atomic mass is 10.1. The van der Waals surface area contributed by atoms with Gasteiger partial charge in [0.1, 0.15) is 17.2 Å². The number of nitrogens with one attached hydrogen (secondary N) is 1. The van der Waals surface area contributed by atoms with Gasteiger partial charge in [0.25, 0.3) is 0 Å². The Balaban J connectivity index is 1.60. The molecular weight excluding hydrogens is 415 g/mol. The van der Waals surface area contributed by atoms with Crippen LogP contribution >= 0.6 is 0 Å². The van der Waals surface area contributed by atoms with Crippen LogP contribution < -0.4 is 10.1 Å². The molecule has 0 radical (unpaired) electrons. The number of phenolic OH excluding ortho intramolecular Hbond substituents is 1. The van der Waals surface area contributed by atoms with E-state index in [4.69, 9.17) is 5.11 Å². The Kier molecular flexibility index (Phi) is 5.88. The summed E-state index contributed by atoms with van der Waals surface area (Å²) >= 11 is 0. The van der Waals surface area contributed by atoms with E-state index in [1.54, 1.807) is 22.7 Å². The van der Waals surface area contributed by atoms with E-state index < -0.39 is 17.9 Å².